The van der Waals surface area contributed by atoms with Crippen molar-refractivity contribution in [1.82, 2.24) is 4.90 Å². The molecule has 12 atom stereocenters. The van der Waals surface area contributed by atoms with Gasteiger partial charge in [0.25, 0.3) is 0 Å². The average molecular weight is 418 g/mol. The zero-order chi connectivity index (χ0) is 20.8. The van der Waals surface area contributed by atoms with Crippen LogP contribution in [0.3, 0.4) is 0 Å². The normalized spacial score (nSPS) is 60.7. The molecule has 0 spiro atoms. The molecule has 6 rings (SSSR count). The fourth-order valence-corrected chi connectivity index (χ4v) is 10.3. The van der Waals surface area contributed by atoms with E-state index in [9.17, 15) is 15.3 Å². The molecule has 4 saturated carbocycles. The molecule has 6 aliphatic rings. The van der Waals surface area contributed by atoms with Gasteiger partial charge in [0, 0.05) is 12.6 Å². The number of aliphatic hydroxyl groups is 3. The van der Waals surface area contributed by atoms with Gasteiger partial charge in [0.05, 0.1) is 17.8 Å². The molecule has 6 fully saturated rings. The first-order chi connectivity index (χ1) is 14.3. The van der Waals surface area contributed by atoms with Crippen molar-refractivity contribution in [1.29, 1.82) is 0 Å². The van der Waals surface area contributed by atoms with Crippen LogP contribution >= 0.6 is 0 Å². The molecule has 4 aliphatic carbocycles. The van der Waals surface area contributed by atoms with Crippen LogP contribution in [0.15, 0.2) is 0 Å². The fraction of sp³-hybridized carbons (Fsp3) is 1.00. The van der Waals surface area contributed by atoms with Crippen molar-refractivity contribution in [3.05, 3.63) is 0 Å². The second kappa shape index (κ2) is 6.92. The Hall–Kier alpha value is -0.160. The first kappa shape index (κ1) is 20.4. The highest BCUT2D eigenvalue weighted by atomic mass is 16.3. The first-order valence-electron chi connectivity index (χ1n) is 13.2. The molecular weight excluding hydrogens is 374 g/mol. The van der Waals surface area contributed by atoms with Crippen LogP contribution in [0, 0.1) is 46.8 Å². The van der Waals surface area contributed by atoms with E-state index < -0.39 is 5.60 Å². The minimum absolute atomic E-state index is 0.0814. The molecular formula is C26H43NO3. The van der Waals surface area contributed by atoms with E-state index in [4.69, 9.17) is 0 Å². The maximum absolute atomic E-state index is 12.2. The molecule has 2 aliphatic heterocycles. The van der Waals surface area contributed by atoms with Crippen LogP contribution in [-0.4, -0.2) is 57.2 Å². The Labute approximate surface area is 182 Å². The molecule has 2 saturated heterocycles. The zero-order valence-electron chi connectivity index (χ0n) is 19.0. The van der Waals surface area contributed by atoms with E-state index >= 15 is 0 Å². The second-order valence-electron chi connectivity index (χ2n) is 12.7. The Balaban J connectivity index is 1.32. The third kappa shape index (κ3) is 2.66. The number of fused-ring (bicyclic) bond motifs is 8. The third-order valence-corrected chi connectivity index (χ3v) is 11.8. The molecule has 0 aromatic heterocycles. The predicted octanol–water partition coefficient (Wildman–Crippen LogP) is 3.43. The largest absolute Gasteiger partial charge is 0.393 e. The molecule has 2 unspecified atom stereocenters. The van der Waals surface area contributed by atoms with E-state index in [0.717, 1.165) is 56.4 Å². The van der Waals surface area contributed by atoms with Crippen LogP contribution in [0.2, 0.25) is 0 Å². The average Bonchev–Trinajstić information content (AvgIpc) is 3.03. The van der Waals surface area contributed by atoms with Crippen LogP contribution < -0.4 is 0 Å². The van der Waals surface area contributed by atoms with Gasteiger partial charge in [-0.2, -0.15) is 0 Å². The number of hydrogen-bond acceptors (Lipinski definition) is 4. The van der Waals surface area contributed by atoms with Crippen LogP contribution in [0.4, 0.5) is 0 Å². The highest BCUT2D eigenvalue weighted by Gasteiger charge is 2.67. The van der Waals surface area contributed by atoms with E-state index in [1.54, 1.807) is 0 Å². The molecule has 0 aromatic carbocycles. The molecule has 2 heterocycles. The van der Waals surface area contributed by atoms with Gasteiger partial charge in [0.1, 0.15) is 0 Å². The molecule has 30 heavy (non-hydrogen) atoms. The lowest BCUT2D eigenvalue weighted by molar-refractivity contribution is -0.175. The van der Waals surface area contributed by atoms with E-state index in [-0.39, 0.29) is 29.5 Å². The minimum Gasteiger partial charge on any atom is -0.393 e. The van der Waals surface area contributed by atoms with Crippen molar-refractivity contribution >= 4 is 0 Å². The number of rotatable bonds is 0. The van der Waals surface area contributed by atoms with Crippen molar-refractivity contribution in [2.24, 2.45) is 46.8 Å². The Bertz CT molecular complexity index is 685. The first-order valence-corrected chi connectivity index (χ1v) is 13.2. The van der Waals surface area contributed by atoms with Crippen LogP contribution in [0.25, 0.3) is 0 Å². The van der Waals surface area contributed by atoms with Gasteiger partial charge in [-0.05, 0) is 111 Å². The Morgan fingerprint density at radius 3 is 2.50 bits per heavy atom. The monoisotopic (exact) mass is 417 g/mol. The Kier molecular flexibility index (Phi) is 4.72. The molecule has 0 bridgehead atoms. The van der Waals surface area contributed by atoms with E-state index in [1.165, 1.54) is 38.8 Å². The highest BCUT2D eigenvalue weighted by Crippen LogP contribution is 2.68. The molecule has 4 heteroatoms. The number of piperidine rings is 2. The van der Waals surface area contributed by atoms with Gasteiger partial charge in [-0.3, -0.25) is 4.90 Å². The van der Waals surface area contributed by atoms with E-state index in [1.807, 2.05) is 0 Å². The van der Waals surface area contributed by atoms with Gasteiger partial charge in [-0.15, -0.1) is 0 Å². The van der Waals surface area contributed by atoms with Crippen molar-refractivity contribution in [3.63, 3.8) is 0 Å². The summed E-state index contributed by atoms with van der Waals surface area (Å²) in [5.74, 6) is 3.55. The Morgan fingerprint density at radius 1 is 0.833 bits per heavy atom. The van der Waals surface area contributed by atoms with Crippen LogP contribution in [0.5, 0.6) is 0 Å². The number of hydrogen-bond donors (Lipinski definition) is 3. The van der Waals surface area contributed by atoms with E-state index in [2.05, 4.69) is 18.7 Å². The summed E-state index contributed by atoms with van der Waals surface area (Å²) in [6.45, 7) is 7.36. The van der Waals surface area contributed by atoms with Gasteiger partial charge < -0.3 is 15.3 Å². The molecule has 0 radical (unpaired) electrons. The quantitative estimate of drug-likeness (QED) is 0.565. The van der Waals surface area contributed by atoms with Crippen LogP contribution in [0.1, 0.15) is 78.1 Å². The lowest BCUT2D eigenvalue weighted by Gasteiger charge is -2.58. The van der Waals surface area contributed by atoms with Gasteiger partial charge >= 0.3 is 0 Å². The molecule has 3 N–H and O–H groups in total. The van der Waals surface area contributed by atoms with Gasteiger partial charge in [0.2, 0.25) is 0 Å². The maximum Gasteiger partial charge on any atom is 0.0711 e. The lowest BCUT2D eigenvalue weighted by Crippen LogP contribution is -2.61. The summed E-state index contributed by atoms with van der Waals surface area (Å²) in [4.78, 5) is 2.79. The summed E-state index contributed by atoms with van der Waals surface area (Å²) >= 11 is 0. The summed E-state index contributed by atoms with van der Waals surface area (Å²) < 4.78 is 0. The fourth-order valence-electron chi connectivity index (χ4n) is 10.3. The molecule has 170 valence electrons. The lowest BCUT2D eigenvalue weighted by atomic mass is 9.50. The molecule has 0 aromatic rings. The van der Waals surface area contributed by atoms with Crippen molar-refractivity contribution in [3.8, 4) is 0 Å². The zero-order valence-corrected chi connectivity index (χ0v) is 19.0. The third-order valence-electron chi connectivity index (χ3n) is 11.8. The van der Waals surface area contributed by atoms with Gasteiger partial charge in [0.15, 0.2) is 0 Å². The second-order valence-corrected chi connectivity index (χ2v) is 12.7. The molecule has 0 amide bonds. The molecule has 4 nitrogen and oxygen atoms in total. The van der Waals surface area contributed by atoms with Crippen molar-refractivity contribution in [2.75, 3.05) is 13.1 Å². The van der Waals surface area contributed by atoms with Crippen molar-refractivity contribution < 1.29 is 15.3 Å². The predicted molar refractivity (Wildman–Crippen MR) is 117 cm³/mol. The highest BCUT2D eigenvalue weighted by molar-refractivity contribution is 5.17. The van der Waals surface area contributed by atoms with Gasteiger partial charge in [-0.1, -0.05) is 20.3 Å². The Morgan fingerprint density at radius 2 is 1.67 bits per heavy atom. The summed E-state index contributed by atoms with van der Waals surface area (Å²) in [5, 5.41) is 33.7. The summed E-state index contributed by atoms with van der Waals surface area (Å²) in [5.41, 5.74) is -0.489. The summed E-state index contributed by atoms with van der Waals surface area (Å²) in [7, 11) is 0. The number of nitrogens with zero attached hydrogens (tertiary/aromatic N) is 1. The van der Waals surface area contributed by atoms with Gasteiger partial charge in [-0.25, -0.2) is 0 Å². The van der Waals surface area contributed by atoms with Crippen molar-refractivity contribution in [2.45, 2.75) is 102 Å². The smallest absolute Gasteiger partial charge is 0.0711 e. The maximum atomic E-state index is 12.2. The summed E-state index contributed by atoms with van der Waals surface area (Å²) in [6.07, 6.45) is 10.2. The minimum atomic E-state index is -0.570. The van der Waals surface area contributed by atoms with Crippen LogP contribution in [-0.2, 0) is 0 Å². The summed E-state index contributed by atoms with van der Waals surface area (Å²) in [6, 6.07) is 0.776. The van der Waals surface area contributed by atoms with E-state index in [0.29, 0.717) is 17.8 Å². The topological polar surface area (TPSA) is 63.9 Å². The SMILES string of the molecule is C[C@@H]1[C@H]2CC[C@@]3(O)[C@@H]4CC(O)[C@H]5CC(O)CC[C@]5(C)[C@H]4C[C@H]3[C@@H]2CN2CCCC[C@@H]12. The number of aliphatic hydroxyl groups excluding tert-OH is 2. The standard InChI is InChI=1S/C26H43NO3/c1-15-17-7-9-26(30)19(18(17)14-27-10-4-3-5-23(15)27)12-20-21(26)13-24(29)22-11-16(28)6-8-25(20,22)2/h15-24,28-30H,3-14H2,1-2H3/t15-,16?,17-,18-,19+,20+,21-,22-,23+,24?,25-,26+/m1/s1.